The van der Waals surface area contributed by atoms with Gasteiger partial charge in [-0.1, -0.05) is 24.1 Å². The minimum Gasteiger partial charge on any atom is -0.494 e. The Morgan fingerprint density at radius 2 is 1.78 bits per heavy atom. The molecule has 2 saturated heterocycles. The van der Waals surface area contributed by atoms with E-state index in [0.717, 1.165) is 68.0 Å². The molecule has 2 aliphatic rings. The average molecular weight is 645 g/mol. The highest BCUT2D eigenvalue weighted by atomic mass is 32.2. The number of likely N-dealkylation sites (tertiary alicyclic amines) is 1. The van der Waals surface area contributed by atoms with Crippen LogP contribution in [-0.4, -0.2) is 92.5 Å². The lowest BCUT2D eigenvalue weighted by atomic mass is 10.0. The van der Waals surface area contributed by atoms with Crippen molar-refractivity contribution in [2.45, 2.75) is 38.5 Å². The van der Waals surface area contributed by atoms with E-state index in [2.05, 4.69) is 42.3 Å². The molecule has 244 valence electrons. The molecule has 2 N–H and O–H groups in total. The zero-order valence-electron chi connectivity index (χ0n) is 26.6. The molecule has 0 saturated carbocycles. The van der Waals surface area contributed by atoms with E-state index >= 15 is 0 Å². The first kappa shape index (κ1) is 33.0. The maximum atomic E-state index is 14.0. The smallest absolute Gasteiger partial charge is 0.421 e. The van der Waals surface area contributed by atoms with Gasteiger partial charge in [-0.15, -0.1) is 0 Å². The predicted octanol–water partition coefficient (Wildman–Crippen LogP) is 6.10. The van der Waals surface area contributed by atoms with Crippen molar-refractivity contribution in [2.24, 2.45) is 0 Å². The Labute approximate surface area is 268 Å². The molecular weight excluding hydrogens is 601 g/mol. The van der Waals surface area contributed by atoms with Gasteiger partial charge in [0.15, 0.2) is 0 Å². The summed E-state index contributed by atoms with van der Waals surface area (Å²) >= 11 is 1.52. The minimum absolute atomic E-state index is 0.0358. The van der Waals surface area contributed by atoms with Gasteiger partial charge < -0.3 is 29.5 Å². The normalized spacial score (nSPS) is 16.9. The van der Waals surface area contributed by atoms with Crippen molar-refractivity contribution in [1.82, 2.24) is 19.8 Å². The summed E-state index contributed by atoms with van der Waals surface area (Å²) in [5, 5.41) is 5.99. The minimum atomic E-state index is -4.62. The van der Waals surface area contributed by atoms with Crippen molar-refractivity contribution >= 4 is 40.8 Å². The van der Waals surface area contributed by atoms with Gasteiger partial charge >= 0.3 is 6.18 Å². The number of methoxy groups -OCH3 is 1. The molecule has 0 aliphatic carbocycles. The number of aromatic nitrogens is 2. The van der Waals surface area contributed by atoms with E-state index in [4.69, 9.17) is 4.74 Å². The van der Waals surface area contributed by atoms with Gasteiger partial charge in [0.1, 0.15) is 17.1 Å². The number of benzene rings is 2. The van der Waals surface area contributed by atoms with Gasteiger partial charge in [-0.2, -0.15) is 18.2 Å². The number of aryl methyl sites for hydroxylation is 1. The van der Waals surface area contributed by atoms with Crippen molar-refractivity contribution < 1.29 is 17.9 Å². The van der Waals surface area contributed by atoms with Gasteiger partial charge in [0.05, 0.1) is 18.5 Å². The zero-order valence-corrected chi connectivity index (χ0v) is 27.4. The molecule has 5 rings (SSSR count). The Balaban J connectivity index is 1.30. The van der Waals surface area contributed by atoms with Gasteiger partial charge in [-0.3, -0.25) is 4.90 Å². The Hall–Kier alpha value is -3.42. The highest BCUT2D eigenvalue weighted by Gasteiger charge is 2.35. The van der Waals surface area contributed by atoms with Crippen LogP contribution in [0, 0.1) is 6.92 Å². The molecule has 0 spiro atoms. The Bertz CT molecular complexity index is 1440. The standard InChI is InChI=1S/C32H43F3N8OS/c1-22-6-7-23(28(18-22)41(3)45-5)20-36-30-26(32(33,34)35)21-37-31(39-30)38-27-9-8-25(19-29(27)44-4)43-16-14-42(15-17-43)24-10-12-40(2)13-11-24/h6-9,18-19,21,24H,10-17,20H2,1-5H3,(H2,36,37,38,39). The van der Waals surface area contributed by atoms with E-state index in [1.807, 2.05) is 60.9 Å². The fourth-order valence-electron chi connectivity index (χ4n) is 5.98. The molecule has 0 atom stereocenters. The second-order valence-corrected chi connectivity index (χ2v) is 12.6. The third-order valence-corrected chi connectivity index (χ3v) is 9.45. The predicted molar refractivity (Wildman–Crippen MR) is 178 cm³/mol. The molecule has 1 aromatic heterocycles. The van der Waals surface area contributed by atoms with Crippen molar-refractivity contribution in [2.75, 3.05) is 86.6 Å². The van der Waals surface area contributed by atoms with E-state index in [9.17, 15) is 13.2 Å². The Morgan fingerprint density at radius 1 is 1.04 bits per heavy atom. The van der Waals surface area contributed by atoms with Gasteiger partial charge in [0.2, 0.25) is 5.95 Å². The number of rotatable bonds is 10. The number of hydrogen-bond donors (Lipinski definition) is 2. The summed E-state index contributed by atoms with van der Waals surface area (Å²) in [5.74, 6) is 0.303. The number of nitrogens with one attached hydrogen (secondary N) is 2. The van der Waals surface area contributed by atoms with E-state index in [1.54, 1.807) is 7.11 Å². The first-order chi connectivity index (χ1) is 21.5. The highest BCUT2D eigenvalue weighted by molar-refractivity contribution is 7.99. The number of ether oxygens (including phenoxy) is 1. The number of piperidine rings is 1. The molecule has 45 heavy (non-hydrogen) atoms. The second-order valence-electron chi connectivity index (χ2n) is 11.7. The second kappa shape index (κ2) is 14.3. The number of nitrogens with zero attached hydrogens (tertiary/aromatic N) is 6. The van der Waals surface area contributed by atoms with Crippen LogP contribution in [0.15, 0.2) is 42.6 Å². The molecule has 2 fully saturated rings. The molecular formula is C32H43F3N8OS. The van der Waals surface area contributed by atoms with Crippen LogP contribution in [0.25, 0.3) is 0 Å². The Kier molecular flexibility index (Phi) is 10.5. The summed E-state index contributed by atoms with van der Waals surface area (Å²) in [5.41, 5.74) is 3.52. The number of alkyl halides is 3. The van der Waals surface area contributed by atoms with Crippen LogP contribution in [0.5, 0.6) is 5.75 Å². The van der Waals surface area contributed by atoms with E-state index in [-0.39, 0.29) is 18.3 Å². The fraction of sp³-hybridized carbons (Fsp3) is 0.500. The average Bonchev–Trinajstić information content (AvgIpc) is 3.04. The summed E-state index contributed by atoms with van der Waals surface area (Å²) < 4.78 is 49.5. The molecule has 9 nitrogen and oxygen atoms in total. The van der Waals surface area contributed by atoms with E-state index in [0.29, 0.717) is 17.5 Å². The van der Waals surface area contributed by atoms with Gasteiger partial charge in [-0.25, -0.2) is 4.98 Å². The first-order valence-corrected chi connectivity index (χ1v) is 16.4. The highest BCUT2D eigenvalue weighted by Crippen LogP contribution is 2.36. The molecule has 2 aliphatic heterocycles. The van der Waals surface area contributed by atoms with Crippen LogP contribution < -0.4 is 24.6 Å². The van der Waals surface area contributed by atoms with Crippen molar-refractivity contribution in [1.29, 1.82) is 0 Å². The third kappa shape index (κ3) is 8.06. The number of piperazine rings is 1. The van der Waals surface area contributed by atoms with Crippen LogP contribution in [-0.2, 0) is 12.7 Å². The lowest BCUT2D eigenvalue weighted by Gasteiger charge is -2.43. The molecule has 13 heteroatoms. The Morgan fingerprint density at radius 3 is 2.44 bits per heavy atom. The molecule has 0 amide bonds. The molecule has 0 bridgehead atoms. The maximum Gasteiger partial charge on any atom is 0.421 e. The van der Waals surface area contributed by atoms with Gasteiger partial charge in [-0.05, 0) is 69.2 Å². The molecule has 0 unspecified atom stereocenters. The number of anilines is 5. The topological polar surface area (TPSA) is 72.0 Å². The number of halogens is 3. The van der Waals surface area contributed by atoms with Crippen LogP contribution in [0.3, 0.4) is 0 Å². The third-order valence-electron chi connectivity index (χ3n) is 8.71. The summed E-state index contributed by atoms with van der Waals surface area (Å²) in [6.45, 7) is 8.33. The van der Waals surface area contributed by atoms with Gasteiger partial charge in [0, 0.05) is 70.0 Å². The lowest BCUT2D eigenvalue weighted by molar-refractivity contribution is -0.137. The largest absolute Gasteiger partial charge is 0.494 e. The molecule has 2 aromatic carbocycles. The SMILES string of the molecule is COc1cc(N2CCN(C3CCN(C)CC3)CC2)ccc1Nc1ncc(C(F)(F)F)c(NCc2ccc(C)cc2N(C)SC)n1. The summed E-state index contributed by atoms with van der Waals surface area (Å²) in [7, 11) is 5.69. The lowest BCUT2D eigenvalue weighted by Crippen LogP contribution is -2.53. The van der Waals surface area contributed by atoms with Gasteiger partial charge in [0.25, 0.3) is 0 Å². The maximum absolute atomic E-state index is 14.0. The quantitative estimate of drug-likeness (QED) is 0.253. The van der Waals surface area contributed by atoms with Crippen LogP contribution >= 0.6 is 11.9 Å². The molecule has 3 heterocycles. The summed E-state index contributed by atoms with van der Waals surface area (Å²) in [6.07, 6.45) is 0.574. The van der Waals surface area contributed by atoms with Crippen molar-refractivity contribution in [3.63, 3.8) is 0 Å². The number of hydrogen-bond acceptors (Lipinski definition) is 10. The van der Waals surface area contributed by atoms with E-state index in [1.165, 1.54) is 24.8 Å². The molecule has 3 aromatic rings. The molecule has 0 radical (unpaired) electrons. The zero-order chi connectivity index (χ0) is 32.1. The van der Waals surface area contributed by atoms with Crippen LogP contribution in [0.4, 0.5) is 42.0 Å². The monoisotopic (exact) mass is 644 g/mol. The first-order valence-electron chi connectivity index (χ1n) is 15.2. The fourth-order valence-corrected chi connectivity index (χ4v) is 6.35. The summed E-state index contributed by atoms with van der Waals surface area (Å²) in [4.78, 5) is 15.6. The van der Waals surface area contributed by atoms with Crippen LogP contribution in [0.1, 0.15) is 29.5 Å². The summed E-state index contributed by atoms with van der Waals surface area (Å²) in [6, 6.07) is 12.3. The van der Waals surface area contributed by atoms with Crippen molar-refractivity contribution in [3.05, 3.63) is 59.3 Å². The van der Waals surface area contributed by atoms with Crippen molar-refractivity contribution in [3.8, 4) is 5.75 Å². The van der Waals surface area contributed by atoms with E-state index < -0.39 is 11.7 Å². The van der Waals surface area contributed by atoms with Crippen LogP contribution in [0.2, 0.25) is 0 Å².